The average Bonchev–Trinajstić information content (AvgIpc) is 3.14. The van der Waals surface area contributed by atoms with Crippen LogP contribution in [0, 0.1) is 17.2 Å². The molecule has 166 valence electrons. The van der Waals surface area contributed by atoms with Gasteiger partial charge >= 0.3 is 6.03 Å². The molecule has 1 heterocycles. The van der Waals surface area contributed by atoms with Crippen molar-refractivity contribution >= 4 is 29.4 Å². The largest absolute Gasteiger partial charge is 0.353 e. The maximum Gasteiger partial charge on any atom is 0.321 e. The van der Waals surface area contributed by atoms with Crippen molar-refractivity contribution in [3.63, 3.8) is 0 Å². The Balaban J connectivity index is 2.03. The van der Waals surface area contributed by atoms with Crippen molar-refractivity contribution in [3.05, 3.63) is 41.0 Å². The number of urea groups is 1. The van der Waals surface area contributed by atoms with E-state index in [-0.39, 0.29) is 17.6 Å². The van der Waals surface area contributed by atoms with Gasteiger partial charge in [-0.05, 0) is 44.6 Å². The number of nitrogens with one attached hydrogen (secondary N) is 3. The number of likely N-dealkylation sites (N-methyl/N-ethyl adjacent to an activating group) is 1. The fraction of sp³-hybridized carbons (Fsp3) is 0.429. The number of anilines is 1. The lowest BCUT2D eigenvalue weighted by Gasteiger charge is -2.20. The Hall–Kier alpha value is -3.09. The minimum Gasteiger partial charge on any atom is -0.353 e. The molecule has 3 N–H and O–H groups in total. The highest BCUT2D eigenvalue weighted by atomic mass is 35.5. The fourth-order valence-corrected chi connectivity index (χ4v) is 3.03. The molecule has 0 saturated carbocycles. The Labute approximate surface area is 187 Å². The number of carbonyl (C=O) groups excluding carboxylic acids is 2. The van der Waals surface area contributed by atoms with Crippen molar-refractivity contribution in [1.29, 1.82) is 5.26 Å². The molecule has 0 saturated heterocycles. The van der Waals surface area contributed by atoms with Crippen LogP contribution in [-0.4, -0.2) is 59.8 Å². The molecule has 10 heteroatoms. The summed E-state index contributed by atoms with van der Waals surface area (Å²) in [6.07, 6.45) is 2.13. The normalized spacial score (nSPS) is 11.8. The maximum absolute atomic E-state index is 12.5. The van der Waals surface area contributed by atoms with Crippen LogP contribution < -0.4 is 16.0 Å². The summed E-state index contributed by atoms with van der Waals surface area (Å²) in [6, 6.07) is 7.36. The zero-order valence-electron chi connectivity index (χ0n) is 18.1. The molecule has 9 nitrogen and oxygen atoms in total. The number of nitriles is 1. The molecule has 31 heavy (non-hydrogen) atoms. The number of nitrogens with zero attached hydrogens (tertiary/aromatic N) is 4. The highest BCUT2D eigenvalue weighted by Crippen LogP contribution is 2.19. The highest BCUT2D eigenvalue weighted by molar-refractivity contribution is 6.30. The summed E-state index contributed by atoms with van der Waals surface area (Å²) in [5, 5.41) is 22.2. The summed E-state index contributed by atoms with van der Waals surface area (Å²) in [5.74, 6) is 0.280. The van der Waals surface area contributed by atoms with E-state index in [4.69, 9.17) is 11.6 Å². The molecule has 0 bridgehead atoms. The van der Waals surface area contributed by atoms with E-state index in [1.807, 2.05) is 32.8 Å². The molecular formula is C21H28ClN7O2. The number of carbonyl (C=O) groups is 2. The number of hydrogen-bond donors (Lipinski definition) is 3. The average molecular weight is 446 g/mol. The zero-order chi connectivity index (χ0) is 23.0. The van der Waals surface area contributed by atoms with E-state index < -0.39 is 12.1 Å². The van der Waals surface area contributed by atoms with Crippen molar-refractivity contribution < 1.29 is 9.59 Å². The van der Waals surface area contributed by atoms with Gasteiger partial charge in [0.05, 0.1) is 11.3 Å². The van der Waals surface area contributed by atoms with Crippen molar-refractivity contribution in [2.24, 2.45) is 5.92 Å². The minimum atomic E-state index is -0.661. The summed E-state index contributed by atoms with van der Waals surface area (Å²) in [5.41, 5.74) is 0.899. The van der Waals surface area contributed by atoms with Gasteiger partial charge in [-0.2, -0.15) is 5.26 Å². The van der Waals surface area contributed by atoms with E-state index in [2.05, 4.69) is 27.1 Å². The molecule has 2 aromatic rings. The Bertz CT molecular complexity index is 949. The van der Waals surface area contributed by atoms with Crippen LogP contribution >= 0.6 is 11.6 Å². The van der Waals surface area contributed by atoms with Gasteiger partial charge in [-0.25, -0.2) is 9.48 Å². The molecule has 1 atom stereocenters. The van der Waals surface area contributed by atoms with Gasteiger partial charge in [0.1, 0.15) is 12.1 Å². The molecule has 0 fully saturated rings. The SMILES string of the molecule is CC(C)C[C@H](NC(=O)Nc1ccn(-c2ccc(Cl)cc2C#N)n1)C(=O)NCCN(C)C. The van der Waals surface area contributed by atoms with Crippen LogP contribution in [0.1, 0.15) is 25.8 Å². The lowest BCUT2D eigenvalue weighted by Crippen LogP contribution is -2.49. The predicted octanol–water partition coefficient (Wildman–Crippen LogP) is 2.61. The molecule has 3 amide bonds. The van der Waals surface area contributed by atoms with Crippen LogP contribution in [0.15, 0.2) is 30.5 Å². The number of aromatic nitrogens is 2. The third kappa shape index (κ3) is 7.59. The van der Waals surface area contributed by atoms with Crippen molar-refractivity contribution in [2.45, 2.75) is 26.3 Å². The molecule has 0 aliphatic carbocycles. The van der Waals surface area contributed by atoms with E-state index >= 15 is 0 Å². The van der Waals surface area contributed by atoms with Crippen LogP contribution in [0.2, 0.25) is 5.02 Å². The lowest BCUT2D eigenvalue weighted by molar-refractivity contribution is -0.123. The number of benzene rings is 1. The standard InChI is InChI=1S/C21H28ClN7O2/c1-14(2)11-17(20(30)24-8-10-28(3)4)25-21(31)26-19-7-9-29(27-19)18-6-5-16(22)12-15(18)13-23/h5-7,9,12,14,17H,8,10-11H2,1-4H3,(H,24,30)(H2,25,26,27,31)/t17-/m0/s1. The van der Waals surface area contributed by atoms with Gasteiger partial charge in [-0.3, -0.25) is 10.1 Å². The first-order chi connectivity index (χ1) is 14.7. The molecule has 0 radical (unpaired) electrons. The summed E-state index contributed by atoms with van der Waals surface area (Å²) >= 11 is 5.93. The molecule has 0 unspecified atom stereocenters. The molecule has 0 aliphatic rings. The predicted molar refractivity (Wildman–Crippen MR) is 120 cm³/mol. The summed E-state index contributed by atoms with van der Waals surface area (Å²) < 4.78 is 1.48. The molecule has 0 spiro atoms. The van der Waals surface area contributed by atoms with Gasteiger partial charge in [0.2, 0.25) is 5.91 Å². The summed E-state index contributed by atoms with van der Waals surface area (Å²) in [7, 11) is 3.85. The number of amides is 3. The zero-order valence-corrected chi connectivity index (χ0v) is 18.9. The van der Waals surface area contributed by atoms with Gasteiger partial charge in [0, 0.05) is 30.4 Å². The Morgan fingerprint density at radius 2 is 2.03 bits per heavy atom. The Morgan fingerprint density at radius 3 is 2.68 bits per heavy atom. The molecule has 1 aromatic carbocycles. The van der Waals surface area contributed by atoms with E-state index in [9.17, 15) is 14.9 Å². The first-order valence-corrected chi connectivity index (χ1v) is 10.3. The number of halogens is 1. The van der Waals surface area contributed by atoms with E-state index in [1.54, 1.807) is 30.5 Å². The van der Waals surface area contributed by atoms with Gasteiger partial charge < -0.3 is 15.5 Å². The third-order valence-electron chi connectivity index (χ3n) is 4.34. The Kier molecular flexibility index (Phi) is 8.85. The summed E-state index contributed by atoms with van der Waals surface area (Å²) in [6.45, 7) is 5.18. The van der Waals surface area contributed by atoms with E-state index in [0.717, 1.165) is 0 Å². The highest BCUT2D eigenvalue weighted by Gasteiger charge is 2.22. The van der Waals surface area contributed by atoms with Crippen LogP contribution in [-0.2, 0) is 4.79 Å². The number of hydrogen-bond acceptors (Lipinski definition) is 5. The second kappa shape index (κ2) is 11.3. The van der Waals surface area contributed by atoms with Gasteiger partial charge in [-0.15, -0.1) is 5.10 Å². The molecule has 0 aliphatic heterocycles. The molecule has 2 rings (SSSR count). The van der Waals surface area contributed by atoms with E-state index in [0.29, 0.717) is 35.8 Å². The van der Waals surface area contributed by atoms with Gasteiger partial charge in [0.15, 0.2) is 5.82 Å². The maximum atomic E-state index is 12.5. The van der Waals surface area contributed by atoms with Crippen molar-refractivity contribution in [3.8, 4) is 11.8 Å². The second-order valence-corrected chi connectivity index (χ2v) is 8.23. The molecular weight excluding hydrogens is 418 g/mol. The van der Waals surface area contributed by atoms with Crippen LogP contribution in [0.3, 0.4) is 0 Å². The monoisotopic (exact) mass is 445 g/mol. The topological polar surface area (TPSA) is 115 Å². The van der Waals surface area contributed by atoms with Crippen LogP contribution in [0.5, 0.6) is 0 Å². The first kappa shape index (κ1) is 24.2. The fourth-order valence-electron chi connectivity index (χ4n) is 2.86. The minimum absolute atomic E-state index is 0.221. The van der Waals surface area contributed by atoms with Gasteiger partial charge in [-0.1, -0.05) is 25.4 Å². The Morgan fingerprint density at radius 1 is 1.29 bits per heavy atom. The van der Waals surface area contributed by atoms with Crippen molar-refractivity contribution in [2.75, 3.05) is 32.5 Å². The van der Waals surface area contributed by atoms with Crippen molar-refractivity contribution in [1.82, 2.24) is 25.3 Å². The quantitative estimate of drug-likeness (QED) is 0.548. The van der Waals surface area contributed by atoms with E-state index in [1.165, 1.54) is 4.68 Å². The number of rotatable bonds is 9. The molecule has 1 aromatic heterocycles. The van der Waals surface area contributed by atoms with Crippen LogP contribution in [0.4, 0.5) is 10.6 Å². The lowest BCUT2D eigenvalue weighted by atomic mass is 10.0. The second-order valence-electron chi connectivity index (χ2n) is 7.79. The third-order valence-corrected chi connectivity index (χ3v) is 4.58. The first-order valence-electron chi connectivity index (χ1n) is 9.95. The smallest absolute Gasteiger partial charge is 0.321 e. The summed E-state index contributed by atoms with van der Waals surface area (Å²) in [4.78, 5) is 26.9. The van der Waals surface area contributed by atoms with Crippen LogP contribution in [0.25, 0.3) is 5.69 Å². The van der Waals surface area contributed by atoms with Gasteiger partial charge in [0.25, 0.3) is 0 Å².